The van der Waals surface area contributed by atoms with Crippen LogP contribution in [0, 0.1) is 5.92 Å². The Labute approximate surface area is 93.3 Å². The maximum absolute atomic E-state index is 3.49. The Morgan fingerprint density at radius 1 is 1.00 bits per heavy atom. The van der Waals surface area contributed by atoms with Gasteiger partial charge in [0, 0.05) is 31.5 Å². The van der Waals surface area contributed by atoms with Crippen LogP contribution in [0.4, 0.5) is 11.4 Å². The van der Waals surface area contributed by atoms with Gasteiger partial charge in [0.1, 0.15) is 0 Å². The van der Waals surface area contributed by atoms with E-state index in [1.165, 1.54) is 11.4 Å². The van der Waals surface area contributed by atoms with Gasteiger partial charge in [0.2, 0.25) is 0 Å². The van der Waals surface area contributed by atoms with Gasteiger partial charge in [-0.25, -0.2) is 0 Å². The van der Waals surface area contributed by atoms with Crippen molar-refractivity contribution in [1.29, 1.82) is 0 Å². The van der Waals surface area contributed by atoms with Gasteiger partial charge in [0.15, 0.2) is 0 Å². The summed E-state index contributed by atoms with van der Waals surface area (Å²) in [6.07, 6.45) is 0. The molecule has 0 saturated carbocycles. The highest BCUT2D eigenvalue weighted by molar-refractivity contribution is 5.54. The first-order valence-corrected chi connectivity index (χ1v) is 5.54. The summed E-state index contributed by atoms with van der Waals surface area (Å²) >= 11 is 0. The average Bonchev–Trinajstić information content (AvgIpc) is 2.18. The number of anilines is 2. The molecule has 0 fully saturated rings. The van der Waals surface area contributed by atoms with Crippen LogP contribution in [0.2, 0.25) is 0 Å². The zero-order valence-corrected chi connectivity index (χ0v) is 10.4. The van der Waals surface area contributed by atoms with Gasteiger partial charge in [-0.3, -0.25) is 0 Å². The molecule has 0 saturated heterocycles. The quantitative estimate of drug-likeness (QED) is 0.813. The number of hydrogen-bond acceptors (Lipinski definition) is 2. The van der Waals surface area contributed by atoms with Crippen molar-refractivity contribution in [2.45, 2.75) is 26.8 Å². The Hall–Kier alpha value is -1.18. The molecule has 15 heavy (non-hydrogen) atoms. The Bertz CT molecular complexity index is 288. The van der Waals surface area contributed by atoms with Crippen molar-refractivity contribution in [2.75, 3.05) is 24.3 Å². The molecular formula is C13H22N2. The number of rotatable bonds is 4. The first kappa shape index (κ1) is 11.9. The molecule has 0 radical (unpaired) electrons. The fourth-order valence-electron chi connectivity index (χ4n) is 1.29. The summed E-state index contributed by atoms with van der Waals surface area (Å²) in [7, 11) is 4.11. The molecule has 0 heterocycles. The molecule has 2 heteroatoms. The SMILES string of the molecule is CC(C)[C@@H](C)Nc1ccc(N(C)C)cc1. The number of benzene rings is 1. The van der Waals surface area contributed by atoms with Crippen molar-refractivity contribution in [1.82, 2.24) is 0 Å². The maximum atomic E-state index is 3.49. The van der Waals surface area contributed by atoms with E-state index >= 15 is 0 Å². The lowest BCUT2D eigenvalue weighted by atomic mass is 10.1. The summed E-state index contributed by atoms with van der Waals surface area (Å²) in [5.74, 6) is 0.651. The molecule has 0 aliphatic rings. The van der Waals surface area contributed by atoms with Crippen LogP contribution in [0.25, 0.3) is 0 Å². The molecule has 2 nitrogen and oxygen atoms in total. The van der Waals surface area contributed by atoms with Gasteiger partial charge in [0.05, 0.1) is 0 Å². The van der Waals surface area contributed by atoms with Crippen molar-refractivity contribution >= 4 is 11.4 Å². The molecule has 0 aromatic heterocycles. The van der Waals surface area contributed by atoms with E-state index in [9.17, 15) is 0 Å². The Morgan fingerprint density at radius 2 is 1.53 bits per heavy atom. The zero-order chi connectivity index (χ0) is 11.4. The van der Waals surface area contributed by atoms with E-state index in [2.05, 4.69) is 69.3 Å². The highest BCUT2D eigenvalue weighted by Gasteiger charge is 2.06. The number of nitrogens with one attached hydrogen (secondary N) is 1. The van der Waals surface area contributed by atoms with Crippen LogP contribution in [0.15, 0.2) is 24.3 Å². The van der Waals surface area contributed by atoms with Crippen LogP contribution in [0.5, 0.6) is 0 Å². The third-order valence-electron chi connectivity index (χ3n) is 2.78. The van der Waals surface area contributed by atoms with Crippen LogP contribution in [0.3, 0.4) is 0 Å². The second-order valence-electron chi connectivity index (χ2n) is 4.62. The van der Waals surface area contributed by atoms with E-state index in [1.54, 1.807) is 0 Å². The molecule has 1 atom stereocenters. The monoisotopic (exact) mass is 206 g/mol. The van der Waals surface area contributed by atoms with Gasteiger partial charge in [-0.1, -0.05) is 13.8 Å². The van der Waals surface area contributed by atoms with Gasteiger partial charge in [-0.15, -0.1) is 0 Å². The number of nitrogens with zero attached hydrogens (tertiary/aromatic N) is 1. The van der Waals surface area contributed by atoms with Crippen LogP contribution >= 0.6 is 0 Å². The van der Waals surface area contributed by atoms with Gasteiger partial charge in [0.25, 0.3) is 0 Å². The van der Waals surface area contributed by atoms with E-state index in [-0.39, 0.29) is 0 Å². The fourth-order valence-corrected chi connectivity index (χ4v) is 1.29. The second-order valence-corrected chi connectivity index (χ2v) is 4.62. The largest absolute Gasteiger partial charge is 0.382 e. The lowest BCUT2D eigenvalue weighted by Crippen LogP contribution is -2.21. The molecule has 1 rings (SSSR count). The minimum Gasteiger partial charge on any atom is -0.382 e. The highest BCUT2D eigenvalue weighted by atomic mass is 15.1. The van der Waals surface area contributed by atoms with Crippen molar-refractivity contribution in [3.8, 4) is 0 Å². The molecule has 1 aromatic rings. The molecule has 1 aromatic carbocycles. The van der Waals surface area contributed by atoms with Gasteiger partial charge < -0.3 is 10.2 Å². The fraction of sp³-hybridized carbons (Fsp3) is 0.538. The molecule has 0 aliphatic heterocycles. The average molecular weight is 206 g/mol. The Kier molecular flexibility index (Phi) is 4.01. The van der Waals surface area contributed by atoms with E-state index in [4.69, 9.17) is 0 Å². The second kappa shape index (κ2) is 5.06. The maximum Gasteiger partial charge on any atom is 0.0362 e. The van der Waals surface area contributed by atoms with E-state index in [1.807, 2.05) is 0 Å². The lowest BCUT2D eigenvalue weighted by molar-refractivity contribution is 0.560. The minimum absolute atomic E-state index is 0.509. The molecule has 0 bridgehead atoms. The molecular weight excluding hydrogens is 184 g/mol. The minimum atomic E-state index is 0.509. The predicted octanol–water partition coefficient (Wildman–Crippen LogP) is 3.21. The van der Waals surface area contributed by atoms with Crippen LogP contribution < -0.4 is 10.2 Å². The van der Waals surface area contributed by atoms with Crippen molar-refractivity contribution in [3.63, 3.8) is 0 Å². The Morgan fingerprint density at radius 3 is 1.93 bits per heavy atom. The molecule has 84 valence electrons. The predicted molar refractivity (Wildman–Crippen MR) is 68.7 cm³/mol. The molecule has 0 amide bonds. The summed E-state index contributed by atoms with van der Waals surface area (Å²) in [5, 5.41) is 3.49. The summed E-state index contributed by atoms with van der Waals surface area (Å²) in [5.41, 5.74) is 2.43. The number of hydrogen-bond donors (Lipinski definition) is 1. The third-order valence-corrected chi connectivity index (χ3v) is 2.78. The van der Waals surface area contributed by atoms with Gasteiger partial charge >= 0.3 is 0 Å². The molecule has 0 aliphatic carbocycles. The lowest BCUT2D eigenvalue weighted by Gasteiger charge is -2.19. The molecule has 0 spiro atoms. The van der Waals surface area contributed by atoms with Crippen LogP contribution in [-0.4, -0.2) is 20.1 Å². The Balaban J connectivity index is 2.64. The zero-order valence-electron chi connectivity index (χ0n) is 10.4. The van der Waals surface area contributed by atoms with Gasteiger partial charge in [-0.2, -0.15) is 0 Å². The van der Waals surface area contributed by atoms with Crippen molar-refractivity contribution < 1.29 is 0 Å². The summed E-state index contributed by atoms with van der Waals surface area (Å²) in [6.45, 7) is 6.67. The van der Waals surface area contributed by atoms with Crippen molar-refractivity contribution in [2.24, 2.45) is 5.92 Å². The van der Waals surface area contributed by atoms with E-state index in [0.717, 1.165) is 0 Å². The van der Waals surface area contributed by atoms with Gasteiger partial charge in [-0.05, 0) is 37.1 Å². The smallest absolute Gasteiger partial charge is 0.0362 e. The van der Waals surface area contributed by atoms with Crippen LogP contribution in [-0.2, 0) is 0 Å². The van der Waals surface area contributed by atoms with E-state index < -0.39 is 0 Å². The topological polar surface area (TPSA) is 15.3 Å². The summed E-state index contributed by atoms with van der Waals surface area (Å²) < 4.78 is 0. The van der Waals surface area contributed by atoms with Crippen molar-refractivity contribution in [3.05, 3.63) is 24.3 Å². The van der Waals surface area contributed by atoms with Crippen LogP contribution in [0.1, 0.15) is 20.8 Å². The normalized spacial score (nSPS) is 12.7. The third kappa shape index (κ3) is 3.46. The molecule has 1 N–H and O–H groups in total. The highest BCUT2D eigenvalue weighted by Crippen LogP contribution is 2.17. The molecule has 0 unspecified atom stereocenters. The summed E-state index contributed by atoms with van der Waals surface area (Å²) in [4.78, 5) is 2.11. The summed E-state index contributed by atoms with van der Waals surface area (Å²) in [6, 6.07) is 9.04. The first-order valence-electron chi connectivity index (χ1n) is 5.54. The standard InChI is InChI=1S/C13H22N2/c1-10(2)11(3)14-12-6-8-13(9-7-12)15(4)5/h6-11,14H,1-5H3/t11-/m1/s1. The van der Waals surface area contributed by atoms with E-state index in [0.29, 0.717) is 12.0 Å². The first-order chi connectivity index (χ1) is 7.00.